The predicted molar refractivity (Wildman–Crippen MR) is 52.7 cm³/mol. The third-order valence-corrected chi connectivity index (χ3v) is 2.24. The number of non-ortho nitro benzene ring substituents is 1. The third-order valence-electron chi connectivity index (χ3n) is 1.45. The number of halogens is 2. The lowest BCUT2D eigenvalue weighted by molar-refractivity contribution is -0.385. The molecule has 0 spiro atoms. The van der Waals surface area contributed by atoms with Gasteiger partial charge in [-0.25, -0.2) is 9.18 Å². The van der Waals surface area contributed by atoms with Crippen LogP contribution >= 0.6 is 22.6 Å². The average Bonchev–Trinajstić information content (AvgIpc) is 2.08. The van der Waals surface area contributed by atoms with Gasteiger partial charge in [-0.05, 0) is 22.6 Å². The standard InChI is InChI=1S/C7H3FINO4/c8-6-4(7(11)12)1-3(10(13)14)2-5(6)9/h1-2H,(H,11,12). The number of carboxylic acid groups (broad SMARTS) is 1. The minimum absolute atomic E-state index is 0.0887. The largest absolute Gasteiger partial charge is 0.478 e. The molecule has 1 aromatic carbocycles. The van der Waals surface area contributed by atoms with E-state index in [2.05, 4.69) is 0 Å². The van der Waals surface area contributed by atoms with Crippen molar-refractivity contribution in [1.82, 2.24) is 0 Å². The second-order valence-corrected chi connectivity index (χ2v) is 3.51. The minimum Gasteiger partial charge on any atom is -0.478 e. The van der Waals surface area contributed by atoms with Gasteiger partial charge >= 0.3 is 5.97 Å². The van der Waals surface area contributed by atoms with E-state index in [0.29, 0.717) is 6.07 Å². The summed E-state index contributed by atoms with van der Waals surface area (Å²) in [6.07, 6.45) is 0. The minimum atomic E-state index is -1.52. The molecule has 1 rings (SSSR count). The summed E-state index contributed by atoms with van der Waals surface area (Å²) in [5.41, 5.74) is -1.13. The van der Waals surface area contributed by atoms with E-state index >= 15 is 0 Å². The normalized spacial score (nSPS) is 9.86. The van der Waals surface area contributed by atoms with Crippen LogP contribution in [-0.2, 0) is 0 Å². The van der Waals surface area contributed by atoms with E-state index < -0.39 is 28.0 Å². The number of nitrogens with zero attached hydrogens (tertiary/aromatic N) is 1. The van der Waals surface area contributed by atoms with Crippen LogP contribution in [0.2, 0.25) is 0 Å². The Labute approximate surface area is 90.8 Å². The summed E-state index contributed by atoms with van der Waals surface area (Å²) < 4.78 is 13.0. The Bertz CT molecular complexity index is 420. The lowest BCUT2D eigenvalue weighted by atomic mass is 10.2. The Balaban J connectivity index is 3.43. The molecule has 0 amide bonds. The van der Waals surface area contributed by atoms with Crippen molar-refractivity contribution in [2.24, 2.45) is 0 Å². The zero-order chi connectivity index (χ0) is 10.9. The molecule has 14 heavy (non-hydrogen) atoms. The van der Waals surface area contributed by atoms with Crippen molar-refractivity contribution >= 4 is 34.2 Å². The summed E-state index contributed by atoms with van der Waals surface area (Å²) >= 11 is 1.50. The molecule has 0 saturated heterocycles. The topological polar surface area (TPSA) is 80.4 Å². The molecule has 74 valence electrons. The number of aromatic carboxylic acids is 1. The number of hydrogen-bond acceptors (Lipinski definition) is 3. The molecule has 0 bridgehead atoms. The van der Waals surface area contributed by atoms with Gasteiger partial charge in [0, 0.05) is 12.1 Å². The van der Waals surface area contributed by atoms with Gasteiger partial charge in [-0.3, -0.25) is 10.1 Å². The van der Waals surface area contributed by atoms with Gasteiger partial charge in [-0.1, -0.05) is 0 Å². The molecule has 1 aromatic rings. The molecule has 1 N–H and O–H groups in total. The van der Waals surface area contributed by atoms with Crippen LogP contribution in [0.1, 0.15) is 10.4 Å². The first-order valence-corrected chi connectivity index (χ1v) is 4.38. The van der Waals surface area contributed by atoms with Crippen LogP contribution in [0.3, 0.4) is 0 Å². The van der Waals surface area contributed by atoms with E-state index in [0.717, 1.165) is 6.07 Å². The number of nitro benzene ring substituents is 1. The van der Waals surface area contributed by atoms with Crippen LogP contribution in [0.25, 0.3) is 0 Å². The number of carbonyl (C=O) groups is 1. The maximum absolute atomic E-state index is 13.1. The fourth-order valence-electron chi connectivity index (χ4n) is 0.836. The van der Waals surface area contributed by atoms with Crippen LogP contribution in [-0.4, -0.2) is 16.0 Å². The van der Waals surface area contributed by atoms with Crippen molar-refractivity contribution in [3.8, 4) is 0 Å². The summed E-state index contributed by atoms with van der Waals surface area (Å²) in [5, 5.41) is 18.9. The molecule has 0 fully saturated rings. The maximum Gasteiger partial charge on any atom is 0.338 e. The van der Waals surface area contributed by atoms with Crippen molar-refractivity contribution in [3.05, 3.63) is 37.2 Å². The van der Waals surface area contributed by atoms with Crippen molar-refractivity contribution in [2.75, 3.05) is 0 Å². The summed E-state index contributed by atoms with van der Waals surface area (Å²) in [4.78, 5) is 20.0. The lowest BCUT2D eigenvalue weighted by Gasteiger charge is -1.99. The average molecular weight is 311 g/mol. The SMILES string of the molecule is O=C(O)c1cc([N+](=O)[O-])cc(I)c1F. The monoisotopic (exact) mass is 311 g/mol. The molecule has 0 unspecified atom stereocenters. The van der Waals surface area contributed by atoms with Gasteiger partial charge in [0.15, 0.2) is 5.82 Å². The van der Waals surface area contributed by atoms with Crippen molar-refractivity contribution in [2.45, 2.75) is 0 Å². The maximum atomic E-state index is 13.1. The highest BCUT2D eigenvalue weighted by molar-refractivity contribution is 14.1. The van der Waals surface area contributed by atoms with Crippen LogP contribution in [0.15, 0.2) is 12.1 Å². The third kappa shape index (κ3) is 1.97. The first-order valence-electron chi connectivity index (χ1n) is 3.30. The predicted octanol–water partition coefficient (Wildman–Crippen LogP) is 2.04. The number of rotatable bonds is 2. The number of benzene rings is 1. The molecule has 0 atom stereocenters. The van der Waals surface area contributed by atoms with E-state index in [9.17, 15) is 19.3 Å². The number of carboxylic acids is 1. The van der Waals surface area contributed by atoms with Crippen molar-refractivity contribution in [1.29, 1.82) is 0 Å². The van der Waals surface area contributed by atoms with Gasteiger partial charge in [0.1, 0.15) is 5.56 Å². The molecule has 0 saturated carbocycles. The molecule has 0 aliphatic carbocycles. The van der Waals surface area contributed by atoms with E-state index in [1.165, 1.54) is 22.6 Å². The van der Waals surface area contributed by atoms with E-state index in [-0.39, 0.29) is 3.57 Å². The van der Waals surface area contributed by atoms with Crippen LogP contribution in [0.5, 0.6) is 0 Å². The van der Waals surface area contributed by atoms with Crippen molar-refractivity contribution < 1.29 is 19.2 Å². The Morgan fingerprint density at radius 2 is 2.14 bits per heavy atom. The van der Waals surface area contributed by atoms with E-state index in [4.69, 9.17) is 5.11 Å². The highest BCUT2D eigenvalue weighted by Crippen LogP contribution is 2.22. The van der Waals surface area contributed by atoms with Gasteiger partial charge in [0.25, 0.3) is 5.69 Å². The molecular weight excluding hydrogens is 308 g/mol. The smallest absolute Gasteiger partial charge is 0.338 e. The molecule has 0 radical (unpaired) electrons. The Morgan fingerprint density at radius 3 is 2.57 bits per heavy atom. The van der Waals surface area contributed by atoms with Crippen LogP contribution in [0, 0.1) is 19.5 Å². The van der Waals surface area contributed by atoms with Gasteiger partial charge in [-0.15, -0.1) is 0 Å². The lowest BCUT2D eigenvalue weighted by Crippen LogP contribution is -2.04. The molecule has 0 aromatic heterocycles. The van der Waals surface area contributed by atoms with Crippen molar-refractivity contribution in [3.63, 3.8) is 0 Å². The molecule has 0 aliphatic rings. The zero-order valence-electron chi connectivity index (χ0n) is 6.53. The zero-order valence-corrected chi connectivity index (χ0v) is 8.69. The summed E-state index contributed by atoms with van der Waals surface area (Å²) in [6.45, 7) is 0. The molecule has 0 aliphatic heterocycles. The van der Waals surface area contributed by atoms with Gasteiger partial charge in [0.2, 0.25) is 0 Å². The Morgan fingerprint density at radius 1 is 1.57 bits per heavy atom. The van der Waals surface area contributed by atoms with Gasteiger partial charge in [0.05, 0.1) is 8.49 Å². The Hall–Kier alpha value is -1.25. The van der Waals surface area contributed by atoms with Gasteiger partial charge in [-0.2, -0.15) is 0 Å². The van der Waals surface area contributed by atoms with Crippen LogP contribution < -0.4 is 0 Å². The number of nitro groups is 1. The highest BCUT2D eigenvalue weighted by atomic mass is 127. The summed E-state index contributed by atoms with van der Waals surface area (Å²) in [6, 6.07) is 1.67. The fourth-order valence-corrected chi connectivity index (χ4v) is 1.45. The van der Waals surface area contributed by atoms with Crippen LogP contribution in [0.4, 0.5) is 10.1 Å². The second kappa shape index (κ2) is 3.86. The molecular formula is C7H3FINO4. The summed E-state index contributed by atoms with van der Waals surface area (Å²) in [7, 11) is 0. The molecule has 5 nitrogen and oxygen atoms in total. The van der Waals surface area contributed by atoms with E-state index in [1.807, 2.05) is 0 Å². The number of hydrogen-bond donors (Lipinski definition) is 1. The highest BCUT2D eigenvalue weighted by Gasteiger charge is 2.19. The van der Waals surface area contributed by atoms with Gasteiger partial charge < -0.3 is 5.11 Å². The first kappa shape index (κ1) is 10.8. The Kier molecular flexibility index (Phi) is 2.99. The summed E-state index contributed by atoms with van der Waals surface area (Å²) in [5.74, 6) is -2.48. The molecule has 0 heterocycles. The quantitative estimate of drug-likeness (QED) is 0.515. The first-order chi connectivity index (χ1) is 6.43. The fraction of sp³-hybridized carbons (Fsp3) is 0. The molecule has 7 heteroatoms. The van der Waals surface area contributed by atoms with E-state index in [1.54, 1.807) is 0 Å². The second-order valence-electron chi connectivity index (χ2n) is 2.35.